The number of halogens is 1. The number of nitrogens with zero attached hydrogens (tertiary/aromatic N) is 2. The van der Waals surface area contributed by atoms with Gasteiger partial charge in [0.2, 0.25) is 5.91 Å². The zero-order valence-electron chi connectivity index (χ0n) is 15.8. The molecule has 0 radical (unpaired) electrons. The first-order valence-corrected chi connectivity index (χ1v) is 9.45. The van der Waals surface area contributed by atoms with E-state index >= 15 is 0 Å². The molecule has 2 N–H and O–H groups in total. The fraction of sp³-hybridized carbons (Fsp3) is 0.238. The Morgan fingerprint density at radius 3 is 2.66 bits per heavy atom. The van der Waals surface area contributed by atoms with Gasteiger partial charge in [0.05, 0.1) is 22.3 Å². The summed E-state index contributed by atoms with van der Waals surface area (Å²) in [6, 6.07) is 12.5. The normalized spacial score (nSPS) is 10.8. The molecule has 1 aromatic heterocycles. The predicted molar refractivity (Wildman–Crippen MR) is 110 cm³/mol. The minimum Gasteiger partial charge on any atom is -0.481 e. The van der Waals surface area contributed by atoms with Crippen molar-refractivity contribution in [2.45, 2.75) is 32.9 Å². The maximum atomic E-state index is 12.9. The second kappa shape index (κ2) is 8.87. The fourth-order valence-corrected chi connectivity index (χ4v) is 3.24. The summed E-state index contributed by atoms with van der Waals surface area (Å²) in [6.07, 6.45) is -0.204. The Labute approximate surface area is 172 Å². The Kier molecular flexibility index (Phi) is 6.29. The Morgan fingerprint density at radius 2 is 1.93 bits per heavy atom. The van der Waals surface area contributed by atoms with Crippen molar-refractivity contribution in [3.8, 4) is 0 Å². The number of hydrogen-bond acceptors (Lipinski definition) is 4. The molecule has 8 heteroatoms. The van der Waals surface area contributed by atoms with Crippen LogP contribution in [0.5, 0.6) is 0 Å². The van der Waals surface area contributed by atoms with Gasteiger partial charge in [0.1, 0.15) is 12.4 Å². The number of nitrogens with one attached hydrogen (secondary N) is 1. The van der Waals surface area contributed by atoms with E-state index in [1.807, 2.05) is 31.2 Å². The van der Waals surface area contributed by atoms with Gasteiger partial charge in [0.25, 0.3) is 5.56 Å². The van der Waals surface area contributed by atoms with Crippen LogP contribution in [0.2, 0.25) is 5.02 Å². The van der Waals surface area contributed by atoms with E-state index in [0.29, 0.717) is 17.1 Å². The first-order chi connectivity index (χ1) is 13.9. The summed E-state index contributed by atoms with van der Waals surface area (Å²) < 4.78 is 1.22. The van der Waals surface area contributed by atoms with E-state index in [1.165, 1.54) is 4.57 Å². The van der Waals surface area contributed by atoms with Crippen molar-refractivity contribution in [1.29, 1.82) is 0 Å². The SMILES string of the molecule is Cc1ccccc1CNC(=O)Cn1c(CCC(=O)O)nc2c(Cl)cccc2c1=O. The van der Waals surface area contributed by atoms with Crippen molar-refractivity contribution in [2.75, 3.05) is 0 Å². The summed E-state index contributed by atoms with van der Waals surface area (Å²) in [5, 5.41) is 12.4. The van der Waals surface area contributed by atoms with Crippen LogP contribution in [0.15, 0.2) is 47.3 Å². The molecule has 0 unspecified atom stereocenters. The third kappa shape index (κ3) is 4.81. The standard InChI is InChI=1S/C21H20ClN3O4/c1-13-5-2-3-6-14(13)11-23-18(26)12-25-17(9-10-19(27)28)24-20-15(21(25)29)7-4-8-16(20)22/h2-8H,9-12H2,1H3,(H,23,26)(H,27,28). The topological polar surface area (TPSA) is 101 Å². The number of hydrogen-bond donors (Lipinski definition) is 2. The van der Waals surface area contributed by atoms with Crippen molar-refractivity contribution in [3.63, 3.8) is 0 Å². The van der Waals surface area contributed by atoms with E-state index in [0.717, 1.165) is 11.1 Å². The Balaban J connectivity index is 1.90. The first kappa shape index (κ1) is 20.5. The van der Waals surface area contributed by atoms with Crippen LogP contribution >= 0.6 is 11.6 Å². The van der Waals surface area contributed by atoms with Gasteiger partial charge in [0.15, 0.2) is 0 Å². The van der Waals surface area contributed by atoms with Gasteiger partial charge in [-0.1, -0.05) is 41.9 Å². The van der Waals surface area contributed by atoms with Crippen molar-refractivity contribution < 1.29 is 14.7 Å². The lowest BCUT2D eigenvalue weighted by molar-refractivity contribution is -0.137. The maximum absolute atomic E-state index is 12.9. The molecule has 7 nitrogen and oxygen atoms in total. The highest BCUT2D eigenvalue weighted by Crippen LogP contribution is 2.19. The average molecular weight is 414 g/mol. The molecule has 0 aliphatic rings. The molecule has 150 valence electrons. The van der Waals surface area contributed by atoms with E-state index in [4.69, 9.17) is 16.7 Å². The fourth-order valence-electron chi connectivity index (χ4n) is 3.03. The van der Waals surface area contributed by atoms with Gasteiger partial charge < -0.3 is 10.4 Å². The molecule has 0 fully saturated rings. The van der Waals surface area contributed by atoms with Gasteiger partial charge >= 0.3 is 5.97 Å². The minimum absolute atomic E-state index is 0.0107. The molecule has 2 aromatic carbocycles. The number of carbonyl (C=O) groups is 2. The van der Waals surface area contributed by atoms with Gasteiger partial charge in [-0.2, -0.15) is 0 Å². The summed E-state index contributed by atoms with van der Waals surface area (Å²) in [6.45, 7) is 2.03. The molecule has 3 rings (SSSR count). The van der Waals surface area contributed by atoms with Crippen molar-refractivity contribution in [3.05, 3.63) is 74.8 Å². The van der Waals surface area contributed by atoms with E-state index < -0.39 is 11.5 Å². The molecule has 0 aliphatic heterocycles. The van der Waals surface area contributed by atoms with Gasteiger partial charge in [0, 0.05) is 13.0 Å². The van der Waals surface area contributed by atoms with Crippen LogP contribution in [0.25, 0.3) is 10.9 Å². The molecule has 0 saturated heterocycles. The van der Waals surface area contributed by atoms with Crippen molar-refractivity contribution in [2.24, 2.45) is 0 Å². The molecule has 3 aromatic rings. The second-order valence-electron chi connectivity index (χ2n) is 6.65. The highest BCUT2D eigenvalue weighted by atomic mass is 35.5. The molecule has 0 bridgehead atoms. The lowest BCUT2D eigenvalue weighted by atomic mass is 10.1. The number of carbonyl (C=O) groups excluding carboxylic acids is 1. The van der Waals surface area contributed by atoms with E-state index in [2.05, 4.69) is 10.3 Å². The van der Waals surface area contributed by atoms with Crippen LogP contribution < -0.4 is 10.9 Å². The van der Waals surface area contributed by atoms with Crippen molar-refractivity contribution >= 4 is 34.4 Å². The van der Waals surface area contributed by atoms with Gasteiger partial charge in [-0.3, -0.25) is 19.0 Å². The number of rotatable bonds is 7. The number of amides is 1. The second-order valence-corrected chi connectivity index (χ2v) is 7.06. The summed E-state index contributed by atoms with van der Waals surface area (Å²) in [5.74, 6) is -1.17. The minimum atomic E-state index is -1.02. The Morgan fingerprint density at radius 1 is 1.17 bits per heavy atom. The third-order valence-corrected chi connectivity index (χ3v) is 4.92. The number of carboxylic acids is 1. The van der Waals surface area contributed by atoms with Crippen LogP contribution in [0.1, 0.15) is 23.4 Å². The van der Waals surface area contributed by atoms with Crippen LogP contribution in [-0.2, 0) is 29.1 Å². The lowest BCUT2D eigenvalue weighted by Gasteiger charge is -2.14. The predicted octanol–water partition coefficient (Wildman–Crippen LogP) is 2.69. The Hall–Kier alpha value is -3.19. The zero-order valence-corrected chi connectivity index (χ0v) is 16.6. The molecule has 29 heavy (non-hydrogen) atoms. The van der Waals surface area contributed by atoms with Gasteiger partial charge in [-0.25, -0.2) is 4.98 Å². The highest BCUT2D eigenvalue weighted by molar-refractivity contribution is 6.34. The van der Waals surface area contributed by atoms with Crippen LogP contribution in [0.3, 0.4) is 0 Å². The quantitative estimate of drug-likeness (QED) is 0.620. The monoisotopic (exact) mass is 413 g/mol. The number of para-hydroxylation sites is 1. The largest absolute Gasteiger partial charge is 0.481 e. The van der Waals surface area contributed by atoms with Crippen LogP contribution in [-0.4, -0.2) is 26.5 Å². The number of benzene rings is 2. The number of aryl methyl sites for hydroxylation is 2. The number of fused-ring (bicyclic) bond motifs is 1. The summed E-state index contributed by atoms with van der Waals surface area (Å²) in [5.41, 5.74) is 1.90. The smallest absolute Gasteiger partial charge is 0.303 e. The number of aromatic nitrogens is 2. The molecule has 1 heterocycles. The third-order valence-electron chi connectivity index (χ3n) is 4.62. The van der Waals surface area contributed by atoms with Crippen LogP contribution in [0, 0.1) is 6.92 Å². The lowest BCUT2D eigenvalue weighted by Crippen LogP contribution is -2.34. The molecule has 0 spiro atoms. The number of aliphatic carboxylic acids is 1. The van der Waals surface area contributed by atoms with Crippen LogP contribution in [0.4, 0.5) is 0 Å². The van der Waals surface area contributed by atoms with E-state index in [9.17, 15) is 14.4 Å². The van der Waals surface area contributed by atoms with Gasteiger partial charge in [-0.15, -0.1) is 0 Å². The van der Waals surface area contributed by atoms with Crippen molar-refractivity contribution in [1.82, 2.24) is 14.9 Å². The Bertz CT molecular complexity index is 1140. The molecular formula is C21H20ClN3O4. The van der Waals surface area contributed by atoms with Gasteiger partial charge in [-0.05, 0) is 30.2 Å². The first-order valence-electron chi connectivity index (χ1n) is 9.07. The zero-order chi connectivity index (χ0) is 21.0. The summed E-state index contributed by atoms with van der Waals surface area (Å²) >= 11 is 6.15. The molecular weight excluding hydrogens is 394 g/mol. The molecule has 0 saturated carbocycles. The molecule has 1 amide bonds. The summed E-state index contributed by atoms with van der Waals surface area (Å²) in [4.78, 5) is 40.8. The van der Waals surface area contributed by atoms with E-state index in [-0.39, 0.29) is 36.5 Å². The highest BCUT2D eigenvalue weighted by Gasteiger charge is 2.16. The maximum Gasteiger partial charge on any atom is 0.303 e. The molecule has 0 aliphatic carbocycles. The molecule has 0 atom stereocenters. The van der Waals surface area contributed by atoms with E-state index in [1.54, 1.807) is 18.2 Å². The number of carboxylic acid groups (broad SMARTS) is 1. The summed E-state index contributed by atoms with van der Waals surface area (Å²) in [7, 11) is 0. The average Bonchev–Trinajstić information content (AvgIpc) is 2.69.